The van der Waals surface area contributed by atoms with Crippen molar-refractivity contribution in [2.45, 2.75) is 31.0 Å². The Labute approximate surface area is 369 Å². The number of thiophene rings is 2. The van der Waals surface area contributed by atoms with Crippen LogP contribution in [0.2, 0.25) is 20.1 Å². The summed E-state index contributed by atoms with van der Waals surface area (Å²) in [6, 6.07) is 17.6. The van der Waals surface area contributed by atoms with Crippen molar-refractivity contribution in [2.24, 2.45) is 0 Å². The zero-order chi connectivity index (χ0) is 43.8. The molecule has 60 heavy (non-hydrogen) atoms. The molecule has 0 aliphatic carbocycles. The molecule has 0 aliphatic rings. The van der Waals surface area contributed by atoms with Gasteiger partial charge in [0.25, 0.3) is 40.1 Å². The van der Waals surface area contributed by atoms with Crippen molar-refractivity contribution < 1.29 is 51.6 Å². The van der Waals surface area contributed by atoms with Crippen LogP contribution in [0.15, 0.2) is 121 Å². The van der Waals surface area contributed by atoms with E-state index in [1.165, 1.54) is 48.5 Å². The molecule has 0 amide bonds. The van der Waals surface area contributed by atoms with Gasteiger partial charge in [0.05, 0.1) is 58.2 Å². The van der Waals surface area contributed by atoms with Crippen LogP contribution < -0.4 is 23.6 Å². The molecule has 26 heteroatoms. The van der Waals surface area contributed by atoms with Crippen LogP contribution in [-0.4, -0.2) is 33.7 Å². The second kappa shape index (κ2) is 17.4. The van der Waals surface area contributed by atoms with Crippen molar-refractivity contribution in [2.75, 3.05) is 18.9 Å². The lowest BCUT2D eigenvalue weighted by Crippen LogP contribution is -2.17. The first kappa shape index (κ1) is 45.6. The van der Waals surface area contributed by atoms with E-state index in [9.17, 15) is 46.8 Å². The number of halogens is 7. The molecule has 0 saturated carbocycles. The van der Waals surface area contributed by atoms with Crippen molar-refractivity contribution >= 4 is 132 Å². The number of hydrogen-bond acceptors (Lipinski definition) is 11. The quantitative estimate of drug-likeness (QED) is 0.0774. The van der Waals surface area contributed by atoms with Crippen molar-refractivity contribution in [1.29, 1.82) is 0 Å². The maximum absolute atomic E-state index is 13.5. The van der Waals surface area contributed by atoms with Gasteiger partial charge in [-0.15, -0.1) is 22.7 Å². The van der Waals surface area contributed by atoms with Gasteiger partial charge in [-0.2, -0.15) is 13.2 Å². The Bertz CT molecular complexity index is 3050. The van der Waals surface area contributed by atoms with E-state index in [0.717, 1.165) is 59.1 Å². The minimum atomic E-state index is -4.72. The van der Waals surface area contributed by atoms with Crippen LogP contribution in [0, 0.1) is 0 Å². The molecule has 0 aliphatic heterocycles. The third kappa shape index (κ3) is 10.7. The second-order valence-corrected chi connectivity index (χ2v) is 22.9. The summed E-state index contributed by atoms with van der Waals surface area (Å²) in [4.78, 5) is -0.519. The third-order valence-electron chi connectivity index (χ3n) is 7.75. The highest BCUT2D eigenvalue weighted by molar-refractivity contribution is 7.95. The van der Waals surface area contributed by atoms with E-state index in [-0.39, 0.29) is 62.8 Å². The summed E-state index contributed by atoms with van der Waals surface area (Å²) in [6.45, 7) is -0.247. The zero-order valence-corrected chi connectivity index (χ0v) is 37.2. The molecule has 0 fully saturated rings. The predicted octanol–water partition coefficient (Wildman–Crippen LogP) is 10.2. The van der Waals surface area contributed by atoms with Crippen LogP contribution >= 0.6 is 69.1 Å². The lowest BCUT2D eigenvalue weighted by molar-refractivity contribution is -0.137. The minimum Gasteiger partial charge on any atom is -0.488 e. The molecule has 4 N–H and O–H groups in total. The van der Waals surface area contributed by atoms with E-state index >= 15 is 0 Å². The van der Waals surface area contributed by atoms with Gasteiger partial charge in [-0.25, -0.2) is 33.7 Å². The number of rotatable bonds is 15. The lowest BCUT2D eigenvalue weighted by Gasteiger charge is -2.16. The molecule has 318 valence electrons. The predicted molar refractivity (Wildman–Crippen MR) is 227 cm³/mol. The fraction of sp³-hybridized carbons (Fsp3) is 0.0588. The van der Waals surface area contributed by atoms with Crippen LogP contribution in [0.4, 0.5) is 35.9 Å². The van der Waals surface area contributed by atoms with E-state index in [0.29, 0.717) is 17.0 Å². The first-order valence-electron chi connectivity index (χ1n) is 16.1. The van der Waals surface area contributed by atoms with E-state index in [1.54, 1.807) is 5.38 Å². The molecular formula is C34H23Cl4F3N4O9S6. The Morgan fingerprint density at radius 1 is 0.533 bits per heavy atom. The first-order chi connectivity index (χ1) is 27.9. The molecule has 2 aromatic heterocycles. The molecule has 0 radical (unpaired) electrons. The lowest BCUT2D eigenvalue weighted by atomic mass is 10.2. The van der Waals surface area contributed by atoms with Crippen LogP contribution in [0.25, 0.3) is 0 Å². The molecule has 2 heterocycles. The Morgan fingerprint density at radius 3 is 1.50 bits per heavy atom. The highest BCUT2D eigenvalue weighted by Gasteiger charge is 2.31. The molecule has 6 rings (SSSR count). The second-order valence-electron chi connectivity index (χ2n) is 12.0. The molecule has 0 spiro atoms. The highest BCUT2D eigenvalue weighted by Crippen LogP contribution is 2.38. The van der Waals surface area contributed by atoms with Crippen LogP contribution in [0.5, 0.6) is 5.75 Å². The van der Waals surface area contributed by atoms with Gasteiger partial charge in [0.15, 0.2) is 0 Å². The fourth-order valence-electron chi connectivity index (χ4n) is 4.93. The number of ether oxygens (including phenoxy) is 1. The van der Waals surface area contributed by atoms with Crippen LogP contribution in [0.1, 0.15) is 10.4 Å². The molecule has 13 nitrogen and oxygen atoms in total. The average Bonchev–Trinajstić information content (AvgIpc) is 3.89. The SMILES string of the molecule is O=S(=O)(Nc1cc(Cl)c(Cl)cc1NS(=O)(=O)c1cccs1)c1cccc(OCc2ccc(S(=O)(=O)Nc3cc(Cl)c(Cl)cc3NS(=O)(=O)c3ccc(C(F)(F)F)cc3)s2)c1. The maximum atomic E-state index is 13.5. The van der Waals surface area contributed by atoms with Crippen LogP contribution in [0.3, 0.4) is 0 Å². The van der Waals surface area contributed by atoms with Gasteiger partial charge in [0, 0.05) is 10.9 Å². The zero-order valence-electron chi connectivity index (χ0n) is 29.3. The molecule has 0 unspecified atom stereocenters. The summed E-state index contributed by atoms with van der Waals surface area (Å²) >= 11 is 26.1. The number of hydrogen-bond donors (Lipinski definition) is 4. The number of anilines is 4. The molecule has 0 bridgehead atoms. The Hall–Kier alpha value is -3.97. The minimum absolute atomic E-state index is 0.0397. The monoisotopic (exact) mass is 1020 g/mol. The Morgan fingerprint density at radius 2 is 1.02 bits per heavy atom. The summed E-state index contributed by atoms with van der Waals surface area (Å²) in [5.74, 6) is 0.0438. The summed E-state index contributed by atoms with van der Waals surface area (Å²) in [6.07, 6.45) is -4.72. The molecular weight excluding hydrogens is 1000 g/mol. The van der Waals surface area contributed by atoms with Gasteiger partial charge < -0.3 is 4.74 Å². The summed E-state index contributed by atoms with van der Waals surface area (Å²) in [7, 11) is -17.6. The standard InChI is InChI=1S/C34H23Cl4F3N4O9S6/c35-24-14-28(42-57(46,47)22-9-6-19(7-10-22)34(39,40)41)31(17-27(24)38)45-60(52,53)33-11-8-21(56-33)18-54-20-3-1-4-23(13-20)58(48,49)43-29-15-25(36)26(37)16-30(29)44-59(50,51)32-5-2-12-55-32/h1-17,42-45H,18H2. The number of nitrogens with one attached hydrogen (secondary N) is 4. The van der Waals surface area contributed by atoms with Crippen molar-refractivity contribution in [1.82, 2.24) is 0 Å². The largest absolute Gasteiger partial charge is 0.488 e. The van der Waals surface area contributed by atoms with E-state index < -0.39 is 62.4 Å². The molecule has 6 aromatic rings. The molecule has 0 atom stereocenters. The van der Waals surface area contributed by atoms with Crippen LogP contribution in [-0.2, 0) is 52.9 Å². The maximum Gasteiger partial charge on any atom is 0.416 e. The molecule has 0 saturated heterocycles. The van der Waals surface area contributed by atoms with Gasteiger partial charge >= 0.3 is 6.18 Å². The Kier molecular flexibility index (Phi) is 13.2. The van der Waals surface area contributed by atoms with E-state index in [4.69, 9.17) is 51.1 Å². The average molecular weight is 1020 g/mol. The van der Waals surface area contributed by atoms with Gasteiger partial charge in [-0.3, -0.25) is 18.9 Å². The number of alkyl halides is 3. The smallest absolute Gasteiger partial charge is 0.416 e. The van der Waals surface area contributed by atoms with E-state index in [1.807, 2.05) is 0 Å². The number of sulfonamides is 4. The third-order valence-corrected chi connectivity index (χ3v) is 17.6. The number of benzene rings is 4. The van der Waals surface area contributed by atoms with Gasteiger partial charge in [0.1, 0.15) is 20.8 Å². The summed E-state index contributed by atoms with van der Waals surface area (Å²) < 4.78 is 159. The van der Waals surface area contributed by atoms with Gasteiger partial charge in [-0.05, 0) is 84.2 Å². The topological polar surface area (TPSA) is 194 Å². The van der Waals surface area contributed by atoms with Crippen molar-refractivity contribution in [3.63, 3.8) is 0 Å². The van der Waals surface area contributed by atoms with Gasteiger partial charge in [-0.1, -0.05) is 58.5 Å². The first-order valence-corrected chi connectivity index (χ1v) is 25.2. The van der Waals surface area contributed by atoms with Gasteiger partial charge in [0.2, 0.25) is 0 Å². The van der Waals surface area contributed by atoms with Crippen molar-refractivity contribution in [3.8, 4) is 5.75 Å². The highest BCUT2D eigenvalue weighted by atomic mass is 35.5. The summed E-state index contributed by atoms with van der Waals surface area (Å²) in [5, 5.41) is 1.08. The van der Waals surface area contributed by atoms with Crippen molar-refractivity contribution in [3.05, 3.63) is 133 Å². The molecule has 4 aromatic carbocycles. The fourth-order valence-corrected chi connectivity index (χ4v) is 12.2. The normalized spacial score (nSPS) is 12.5. The van der Waals surface area contributed by atoms with E-state index in [2.05, 4.69) is 18.9 Å². The Balaban J connectivity index is 1.16. The summed E-state index contributed by atoms with van der Waals surface area (Å²) in [5.41, 5.74) is -2.30.